The molecule has 0 saturated heterocycles. The summed E-state index contributed by atoms with van der Waals surface area (Å²) in [6.07, 6.45) is 0. The lowest BCUT2D eigenvalue weighted by molar-refractivity contribution is 0.435. The van der Waals surface area contributed by atoms with Crippen molar-refractivity contribution in [1.29, 1.82) is 0 Å². The molecule has 10 aromatic rings. The molecule has 2 nitrogen and oxygen atoms in total. The molecule has 0 atom stereocenters. The van der Waals surface area contributed by atoms with E-state index < -0.39 is 13.5 Å². The number of hydrogen-bond donors (Lipinski definition) is 0. The summed E-state index contributed by atoms with van der Waals surface area (Å²) in [5.41, 5.74) is 12.3. The van der Waals surface area contributed by atoms with Crippen LogP contribution in [-0.4, -0.2) is 8.07 Å². The van der Waals surface area contributed by atoms with Crippen molar-refractivity contribution in [2.75, 3.05) is 4.90 Å². The molecule has 302 valence electrons. The Hall–Kier alpha value is -7.98. The maximum absolute atomic E-state index is 6.82. The minimum absolute atomic E-state index is 0.649. The number of benzene rings is 10. The van der Waals surface area contributed by atoms with Crippen molar-refractivity contribution in [2.45, 2.75) is 5.41 Å². The van der Waals surface area contributed by atoms with Crippen molar-refractivity contribution < 1.29 is 4.74 Å². The molecule has 2 aliphatic rings. The minimum Gasteiger partial charge on any atom is -0.457 e. The maximum Gasteiger partial charge on any atom is 0.180 e. The Bertz CT molecular complexity index is 3190. The molecule has 0 unspecified atom stereocenters. The molecular formula is C61H43NOSi. The van der Waals surface area contributed by atoms with E-state index in [9.17, 15) is 0 Å². The van der Waals surface area contributed by atoms with Gasteiger partial charge in [0, 0.05) is 28.2 Å². The van der Waals surface area contributed by atoms with E-state index in [0.29, 0.717) is 0 Å². The third-order valence-corrected chi connectivity index (χ3v) is 18.4. The number of fused-ring (bicyclic) bond motifs is 8. The third-order valence-electron chi connectivity index (χ3n) is 13.5. The van der Waals surface area contributed by atoms with Gasteiger partial charge in [0.1, 0.15) is 11.5 Å². The summed E-state index contributed by atoms with van der Waals surface area (Å²) < 4.78 is 6.82. The quantitative estimate of drug-likeness (QED) is 0.148. The molecule has 0 aromatic heterocycles. The normalized spacial score (nSPS) is 13.7. The number of ether oxygens (including phenoxy) is 1. The predicted octanol–water partition coefficient (Wildman–Crippen LogP) is 12.7. The van der Waals surface area contributed by atoms with Crippen LogP contribution < -0.4 is 30.4 Å². The van der Waals surface area contributed by atoms with E-state index in [1.54, 1.807) is 0 Å². The number of hydrogen-bond acceptors (Lipinski definition) is 2. The van der Waals surface area contributed by atoms with Gasteiger partial charge in [0.25, 0.3) is 0 Å². The van der Waals surface area contributed by atoms with Crippen molar-refractivity contribution in [2.24, 2.45) is 0 Å². The Morgan fingerprint density at radius 1 is 0.297 bits per heavy atom. The zero-order valence-electron chi connectivity index (χ0n) is 35.2. The van der Waals surface area contributed by atoms with Crippen molar-refractivity contribution in [3.8, 4) is 33.8 Å². The van der Waals surface area contributed by atoms with Gasteiger partial charge < -0.3 is 9.64 Å². The van der Waals surface area contributed by atoms with Crippen LogP contribution in [0.1, 0.15) is 22.3 Å². The van der Waals surface area contributed by atoms with E-state index in [1.807, 2.05) is 0 Å². The highest BCUT2D eigenvalue weighted by Gasteiger charge is 2.57. The van der Waals surface area contributed by atoms with Gasteiger partial charge in [0.2, 0.25) is 0 Å². The van der Waals surface area contributed by atoms with Crippen LogP contribution in [0, 0.1) is 0 Å². The molecule has 0 aliphatic carbocycles. The van der Waals surface area contributed by atoms with Crippen LogP contribution in [-0.2, 0) is 5.41 Å². The van der Waals surface area contributed by atoms with Crippen LogP contribution in [0.15, 0.2) is 261 Å². The second-order valence-electron chi connectivity index (χ2n) is 16.8. The summed E-state index contributed by atoms with van der Waals surface area (Å²) in [6.45, 7) is 0. The van der Waals surface area contributed by atoms with Crippen LogP contribution >= 0.6 is 0 Å². The minimum atomic E-state index is -2.92. The Morgan fingerprint density at radius 2 is 0.688 bits per heavy atom. The summed E-state index contributed by atoms with van der Waals surface area (Å²) in [5, 5.41) is 5.53. The fourth-order valence-corrected chi connectivity index (χ4v) is 16.1. The standard InChI is InChI=1S/C61H43NOSi/c1-5-19-44(20-6-1)45-33-38-49(39-34-45)62(48-21-7-2-8-22-48)50-40-35-46(36-41-50)47-37-42-60-56(43-47)61(53-27-13-16-30-57(53)63-58-31-17-14-28-54(58)61)55-29-15-18-32-59(55)64(60,51-23-9-3-10-24-51)52-25-11-4-12-26-52/h1-43H. The average Bonchev–Trinajstić information content (AvgIpc) is 3.38. The molecular weight excluding hydrogens is 791 g/mol. The molecule has 0 amide bonds. The molecule has 0 bridgehead atoms. The van der Waals surface area contributed by atoms with Crippen LogP contribution in [0.25, 0.3) is 22.3 Å². The van der Waals surface area contributed by atoms with Gasteiger partial charge in [0.15, 0.2) is 8.07 Å². The van der Waals surface area contributed by atoms with E-state index in [4.69, 9.17) is 4.74 Å². The molecule has 2 aliphatic heterocycles. The molecule has 0 radical (unpaired) electrons. The molecule has 12 rings (SSSR count). The van der Waals surface area contributed by atoms with Crippen molar-refractivity contribution in [1.82, 2.24) is 0 Å². The molecule has 64 heavy (non-hydrogen) atoms. The largest absolute Gasteiger partial charge is 0.457 e. The Morgan fingerprint density at radius 3 is 1.25 bits per heavy atom. The molecule has 0 fully saturated rings. The van der Waals surface area contributed by atoms with Crippen LogP contribution in [0.3, 0.4) is 0 Å². The smallest absolute Gasteiger partial charge is 0.180 e. The van der Waals surface area contributed by atoms with E-state index in [2.05, 4.69) is 266 Å². The van der Waals surface area contributed by atoms with E-state index in [-0.39, 0.29) is 0 Å². The van der Waals surface area contributed by atoms with Gasteiger partial charge >= 0.3 is 0 Å². The number of anilines is 3. The Kier molecular flexibility index (Phi) is 9.10. The maximum atomic E-state index is 6.82. The third kappa shape index (κ3) is 5.78. The highest BCUT2D eigenvalue weighted by atomic mass is 28.3. The lowest BCUT2D eigenvalue weighted by Crippen LogP contribution is -2.79. The second kappa shape index (κ2) is 15.4. The van der Waals surface area contributed by atoms with Gasteiger partial charge in [-0.3, -0.25) is 0 Å². The first-order valence-corrected chi connectivity index (χ1v) is 24.1. The van der Waals surface area contributed by atoms with Gasteiger partial charge in [-0.15, -0.1) is 0 Å². The lowest BCUT2D eigenvalue weighted by Gasteiger charge is -2.51. The molecule has 3 heteroatoms. The van der Waals surface area contributed by atoms with E-state index >= 15 is 0 Å². The molecule has 10 aromatic carbocycles. The molecule has 0 saturated carbocycles. The summed E-state index contributed by atoms with van der Waals surface area (Å²) >= 11 is 0. The molecule has 2 heterocycles. The second-order valence-corrected chi connectivity index (χ2v) is 20.5. The number of nitrogens with zero attached hydrogens (tertiary/aromatic N) is 1. The van der Waals surface area contributed by atoms with Crippen LogP contribution in [0.2, 0.25) is 0 Å². The lowest BCUT2D eigenvalue weighted by atomic mass is 9.63. The van der Waals surface area contributed by atoms with Crippen molar-refractivity contribution >= 4 is 45.9 Å². The SMILES string of the molecule is c1ccc(-c2ccc(N(c3ccccc3)c3ccc(-c4ccc5c(c4)C4(c6ccccc6Oc6ccccc64)c4ccccc4[Si]5(c4ccccc4)c4ccccc4)cc3)cc2)cc1. The van der Waals surface area contributed by atoms with E-state index in [0.717, 1.165) is 45.3 Å². The van der Waals surface area contributed by atoms with Gasteiger partial charge in [-0.25, -0.2) is 0 Å². The summed E-state index contributed by atoms with van der Waals surface area (Å²) in [5.74, 6) is 1.78. The first-order valence-electron chi connectivity index (χ1n) is 22.1. The molecule has 1 spiro atoms. The van der Waals surface area contributed by atoms with Gasteiger partial charge in [0.05, 0.1) is 5.41 Å². The zero-order valence-corrected chi connectivity index (χ0v) is 36.2. The highest BCUT2D eigenvalue weighted by Crippen LogP contribution is 2.56. The summed E-state index contributed by atoms with van der Waals surface area (Å²) in [6, 6.07) is 95.9. The van der Waals surface area contributed by atoms with Gasteiger partial charge in [-0.1, -0.05) is 206 Å². The fourth-order valence-electron chi connectivity index (χ4n) is 10.8. The Balaban J connectivity index is 1.08. The predicted molar refractivity (Wildman–Crippen MR) is 268 cm³/mol. The Labute approximate surface area is 376 Å². The average molecular weight is 834 g/mol. The first kappa shape index (κ1) is 37.8. The van der Waals surface area contributed by atoms with Gasteiger partial charge in [-0.05, 0) is 109 Å². The summed E-state index contributed by atoms with van der Waals surface area (Å²) in [4.78, 5) is 2.34. The summed E-state index contributed by atoms with van der Waals surface area (Å²) in [7, 11) is -2.92. The van der Waals surface area contributed by atoms with E-state index in [1.165, 1.54) is 48.6 Å². The topological polar surface area (TPSA) is 12.5 Å². The van der Waals surface area contributed by atoms with Gasteiger partial charge in [-0.2, -0.15) is 0 Å². The number of para-hydroxylation sites is 3. The zero-order chi connectivity index (χ0) is 42.5. The van der Waals surface area contributed by atoms with Crippen molar-refractivity contribution in [3.05, 3.63) is 283 Å². The fraction of sp³-hybridized carbons (Fsp3) is 0.0164. The molecule has 0 N–H and O–H groups in total. The first-order chi connectivity index (χ1) is 31.7. The van der Waals surface area contributed by atoms with Crippen LogP contribution in [0.5, 0.6) is 11.5 Å². The van der Waals surface area contributed by atoms with Crippen LogP contribution in [0.4, 0.5) is 17.1 Å². The monoisotopic (exact) mass is 833 g/mol. The van der Waals surface area contributed by atoms with Crippen molar-refractivity contribution in [3.63, 3.8) is 0 Å². The highest BCUT2D eigenvalue weighted by molar-refractivity contribution is 7.20. The number of rotatable bonds is 7.